The first-order valence-electron chi connectivity index (χ1n) is 7.00. The van der Waals surface area contributed by atoms with Crippen LogP contribution in [-0.4, -0.2) is 34.2 Å². The van der Waals surface area contributed by atoms with Gasteiger partial charge in [0.15, 0.2) is 0 Å². The third kappa shape index (κ3) is 1.59. The molecule has 1 aromatic rings. The van der Waals surface area contributed by atoms with E-state index in [1.807, 2.05) is 0 Å². The standard InChI is InChI=1S/C15H14ClNO4/c16-6-2-1-3-7(4-6)17-14(20)10-8-5-9(11(10)15(17)21)13(19)12(8)18/h1-4,8-13,18-19H,5H2/t8-,9+,10-,11-,12-,13+/m1/s1. The number of nitrogens with zero attached hydrogens (tertiary/aromatic N) is 1. The molecule has 6 heteroatoms. The Bertz CT molecular complexity index is 616. The lowest BCUT2D eigenvalue weighted by Crippen LogP contribution is -2.43. The highest BCUT2D eigenvalue weighted by Gasteiger charge is 2.67. The molecular weight excluding hydrogens is 294 g/mol. The Balaban J connectivity index is 1.75. The molecule has 6 atom stereocenters. The fraction of sp³-hybridized carbons (Fsp3) is 0.467. The molecule has 3 fully saturated rings. The van der Waals surface area contributed by atoms with Crippen molar-refractivity contribution in [3.63, 3.8) is 0 Å². The van der Waals surface area contributed by atoms with Gasteiger partial charge in [-0.2, -0.15) is 0 Å². The number of aliphatic hydroxyl groups excluding tert-OH is 2. The lowest BCUT2D eigenvalue weighted by Gasteiger charge is -2.29. The van der Waals surface area contributed by atoms with E-state index in [1.165, 1.54) is 0 Å². The van der Waals surface area contributed by atoms with E-state index >= 15 is 0 Å². The van der Waals surface area contributed by atoms with Crippen molar-refractivity contribution in [3.05, 3.63) is 29.3 Å². The van der Waals surface area contributed by atoms with Gasteiger partial charge in [0, 0.05) is 16.9 Å². The number of benzene rings is 1. The molecule has 0 unspecified atom stereocenters. The number of carbonyl (C=O) groups is 2. The second kappa shape index (κ2) is 4.29. The third-order valence-electron chi connectivity index (χ3n) is 5.16. The summed E-state index contributed by atoms with van der Waals surface area (Å²) in [5.41, 5.74) is 0.454. The first-order valence-corrected chi connectivity index (χ1v) is 7.38. The van der Waals surface area contributed by atoms with E-state index in [1.54, 1.807) is 24.3 Å². The summed E-state index contributed by atoms with van der Waals surface area (Å²) in [4.78, 5) is 26.4. The quantitative estimate of drug-likeness (QED) is 0.753. The van der Waals surface area contributed by atoms with Crippen LogP contribution in [0, 0.1) is 23.7 Å². The highest BCUT2D eigenvalue weighted by atomic mass is 35.5. The average Bonchev–Trinajstić information content (AvgIpc) is 3.04. The van der Waals surface area contributed by atoms with E-state index in [9.17, 15) is 19.8 Å². The lowest BCUT2D eigenvalue weighted by atomic mass is 9.78. The summed E-state index contributed by atoms with van der Waals surface area (Å²) in [7, 11) is 0. The molecule has 0 spiro atoms. The normalized spacial score (nSPS) is 41.0. The van der Waals surface area contributed by atoms with Gasteiger partial charge in [-0.25, -0.2) is 4.90 Å². The summed E-state index contributed by atoms with van der Waals surface area (Å²) in [5.74, 6) is -2.25. The van der Waals surface area contributed by atoms with Gasteiger partial charge in [-0.1, -0.05) is 17.7 Å². The molecule has 110 valence electrons. The maximum Gasteiger partial charge on any atom is 0.238 e. The molecule has 1 heterocycles. The first-order chi connectivity index (χ1) is 10.0. The van der Waals surface area contributed by atoms with Gasteiger partial charge in [-0.15, -0.1) is 0 Å². The van der Waals surface area contributed by atoms with E-state index in [-0.39, 0.29) is 23.7 Å². The zero-order chi connectivity index (χ0) is 14.9. The zero-order valence-electron chi connectivity index (χ0n) is 11.0. The Kier molecular flexibility index (Phi) is 2.70. The molecular formula is C15H14ClNO4. The van der Waals surface area contributed by atoms with Crippen LogP contribution in [0.4, 0.5) is 5.69 Å². The number of imide groups is 1. The topological polar surface area (TPSA) is 77.8 Å². The molecule has 4 rings (SSSR count). The zero-order valence-corrected chi connectivity index (χ0v) is 11.8. The molecule has 2 aliphatic carbocycles. The molecule has 2 N–H and O–H groups in total. The summed E-state index contributed by atoms with van der Waals surface area (Å²) in [6.07, 6.45) is -1.28. The van der Waals surface area contributed by atoms with E-state index in [0.29, 0.717) is 17.1 Å². The Morgan fingerprint density at radius 3 is 2.14 bits per heavy atom. The van der Waals surface area contributed by atoms with Crippen LogP contribution in [0.1, 0.15) is 6.42 Å². The fourth-order valence-electron chi connectivity index (χ4n) is 4.30. The van der Waals surface area contributed by atoms with Crippen molar-refractivity contribution in [2.45, 2.75) is 18.6 Å². The number of carbonyl (C=O) groups excluding carboxylic acids is 2. The number of anilines is 1. The third-order valence-corrected chi connectivity index (χ3v) is 5.39. The van der Waals surface area contributed by atoms with Crippen LogP contribution in [0.25, 0.3) is 0 Å². The lowest BCUT2D eigenvalue weighted by molar-refractivity contribution is -0.129. The first kappa shape index (κ1) is 13.2. The summed E-state index contributed by atoms with van der Waals surface area (Å²) < 4.78 is 0. The number of fused-ring (bicyclic) bond motifs is 5. The summed E-state index contributed by atoms with van der Waals surface area (Å²) in [6.45, 7) is 0. The number of rotatable bonds is 1. The number of halogens is 1. The van der Waals surface area contributed by atoms with Crippen LogP contribution in [0.2, 0.25) is 5.02 Å². The predicted octanol–water partition coefficient (Wildman–Crippen LogP) is 0.817. The minimum Gasteiger partial charge on any atom is -0.390 e. The summed E-state index contributed by atoms with van der Waals surface area (Å²) >= 11 is 5.93. The maximum atomic E-state index is 12.6. The van der Waals surface area contributed by atoms with Crippen LogP contribution in [0.5, 0.6) is 0 Å². The molecule has 1 saturated heterocycles. The largest absolute Gasteiger partial charge is 0.390 e. The van der Waals surface area contributed by atoms with E-state index in [0.717, 1.165) is 4.90 Å². The summed E-state index contributed by atoms with van der Waals surface area (Å²) in [6, 6.07) is 6.60. The second-order valence-corrected chi connectivity index (χ2v) is 6.52. The second-order valence-electron chi connectivity index (χ2n) is 6.09. The van der Waals surface area contributed by atoms with Crippen LogP contribution in [-0.2, 0) is 9.59 Å². The van der Waals surface area contributed by atoms with Crippen molar-refractivity contribution >= 4 is 29.1 Å². The van der Waals surface area contributed by atoms with Crippen molar-refractivity contribution in [3.8, 4) is 0 Å². The molecule has 0 radical (unpaired) electrons. The highest BCUT2D eigenvalue weighted by Crippen LogP contribution is 2.56. The van der Waals surface area contributed by atoms with E-state index < -0.39 is 24.0 Å². The van der Waals surface area contributed by atoms with E-state index in [2.05, 4.69) is 0 Å². The molecule has 5 nitrogen and oxygen atoms in total. The molecule has 0 aromatic heterocycles. The smallest absolute Gasteiger partial charge is 0.238 e. The predicted molar refractivity (Wildman–Crippen MR) is 74.5 cm³/mol. The Morgan fingerprint density at radius 1 is 1.05 bits per heavy atom. The van der Waals surface area contributed by atoms with Crippen molar-refractivity contribution in [1.82, 2.24) is 0 Å². The van der Waals surface area contributed by atoms with Gasteiger partial charge in [0.1, 0.15) is 0 Å². The van der Waals surface area contributed by atoms with Crippen LogP contribution >= 0.6 is 11.6 Å². The number of hydrogen-bond donors (Lipinski definition) is 2. The van der Waals surface area contributed by atoms with Gasteiger partial charge in [-0.05, 0) is 24.6 Å². The molecule has 1 aromatic carbocycles. The molecule has 3 aliphatic rings. The van der Waals surface area contributed by atoms with Gasteiger partial charge in [-0.3, -0.25) is 9.59 Å². The molecule has 21 heavy (non-hydrogen) atoms. The van der Waals surface area contributed by atoms with Gasteiger partial charge >= 0.3 is 0 Å². The van der Waals surface area contributed by atoms with Crippen molar-refractivity contribution in [1.29, 1.82) is 0 Å². The van der Waals surface area contributed by atoms with Crippen molar-refractivity contribution in [2.24, 2.45) is 23.7 Å². The fourth-order valence-corrected chi connectivity index (χ4v) is 4.48. The van der Waals surface area contributed by atoms with Gasteiger partial charge in [0.05, 0.1) is 29.7 Å². The highest BCUT2D eigenvalue weighted by molar-refractivity contribution is 6.31. The Morgan fingerprint density at radius 2 is 1.62 bits per heavy atom. The maximum absolute atomic E-state index is 12.6. The minimum atomic E-state index is -0.910. The SMILES string of the molecule is O=C1[C@@H]2[C@@H]3C[C@@H]([C@@H](O)[C@H]3O)[C@H]2C(=O)N1c1cccc(Cl)c1. The van der Waals surface area contributed by atoms with Gasteiger partial charge in [0.25, 0.3) is 0 Å². The number of amides is 2. The Hall–Kier alpha value is -1.43. The van der Waals surface area contributed by atoms with Crippen LogP contribution < -0.4 is 4.90 Å². The average molecular weight is 308 g/mol. The van der Waals surface area contributed by atoms with Gasteiger partial charge in [0.2, 0.25) is 11.8 Å². The van der Waals surface area contributed by atoms with Gasteiger partial charge < -0.3 is 10.2 Å². The Labute approximate surface area is 126 Å². The molecule has 1 aliphatic heterocycles. The van der Waals surface area contributed by atoms with Crippen molar-refractivity contribution in [2.75, 3.05) is 4.90 Å². The number of hydrogen-bond acceptors (Lipinski definition) is 4. The van der Waals surface area contributed by atoms with E-state index in [4.69, 9.17) is 11.6 Å². The number of aliphatic hydroxyl groups is 2. The molecule has 2 amide bonds. The van der Waals surface area contributed by atoms with Crippen LogP contribution in [0.3, 0.4) is 0 Å². The molecule has 2 saturated carbocycles. The monoisotopic (exact) mass is 307 g/mol. The van der Waals surface area contributed by atoms with Crippen LogP contribution in [0.15, 0.2) is 24.3 Å². The summed E-state index contributed by atoms with van der Waals surface area (Å²) in [5, 5.41) is 20.4. The molecule has 2 bridgehead atoms. The van der Waals surface area contributed by atoms with Crippen molar-refractivity contribution < 1.29 is 19.8 Å². The minimum absolute atomic E-state index is 0.286.